The van der Waals surface area contributed by atoms with Gasteiger partial charge in [0.2, 0.25) is 0 Å². The molecule has 2 aliphatic heterocycles. The molecule has 2 aliphatic rings. The highest BCUT2D eigenvalue weighted by Gasteiger charge is 2.53. The van der Waals surface area contributed by atoms with Gasteiger partial charge in [0.15, 0.2) is 23.2 Å². The summed E-state index contributed by atoms with van der Waals surface area (Å²) in [6.45, 7) is 1.33. The Morgan fingerprint density at radius 1 is 1.25 bits per heavy atom. The summed E-state index contributed by atoms with van der Waals surface area (Å²) in [7, 11) is 1.49. The van der Waals surface area contributed by atoms with E-state index < -0.39 is 31.0 Å². The minimum atomic E-state index is -0.807. The van der Waals surface area contributed by atoms with Crippen LogP contribution in [0.25, 0.3) is 11.2 Å². The number of methoxy groups -OCH3 is 1. The molecule has 28 heavy (non-hydrogen) atoms. The standard InChI is InChI=1S/C17H23N5O6/c1-9(5-23)3-4-18-14-11-15(20-7-19-14)22(8-21-11)16-13-12(10(6-24)26-16)27-17(25-2)28-13/h3,7-8,10,12-13,16-17,23-24H,4-6H2,1-2H3,(H,18,19,20)/b9-3+/t10-,12-,13-,16-,17?/m1/s1. The number of imidazole rings is 1. The lowest BCUT2D eigenvalue weighted by atomic mass is 10.1. The zero-order valence-corrected chi connectivity index (χ0v) is 15.6. The molecule has 0 spiro atoms. The lowest BCUT2D eigenvalue weighted by Gasteiger charge is -2.19. The molecule has 152 valence electrons. The average molecular weight is 393 g/mol. The van der Waals surface area contributed by atoms with E-state index in [-0.39, 0.29) is 13.2 Å². The molecule has 0 aliphatic carbocycles. The van der Waals surface area contributed by atoms with E-state index in [0.29, 0.717) is 23.5 Å². The van der Waals surface area contributed by atoms with Crippen molar-refractivity contribution < 1.29 is 29.2 Å². The molecule has 4 heterocycles. The van der Waals surface area contributed by atoms with Gasteiger partial charge in [-0.2, -0.15) is 0 Å². The van der Waals surface area contributed by atoms with Crippen LogP contribution in [0.3, 0.4) is 0 Å². The lowest BCUT2D eigenvalue weighted by Crippen LogP contribution is -2.31. The molecule has 5 atom stereocenters. The van der Waals surface area contributed by atoms with Gasteiger partial charge in [-0.15, -0.1) is 0 Å². The van der Waals surface area contributed by atoms with Gasteiger partial charge in [0.25, 0.3) is 6.48 Å². The fraction of sp³-hybridized carbons (Fsp3) is 0.588. The molecule has 1 unspecified atom stereocenters. The average Bonchev–Trinajstić information content (AvgIpc) is 3.40. The molecule has 11 heteroatoms. The van der Waals surface area contributed by atoms with Crippen LogP contribution in [0.1, 0.15) is 13.2 Å². The Kier molecular flexibility index (Phi) is 5.53. The van der Waals surface area contributed by atoms with E-state index in [2.05, 4.69) is 20.3 Å². The monoisotopic (exact) mass is 393 g/mol. The number of nitrogens with zero attached hydrogens (tertiary/aromatic N) is 4. The largest absolute Gasteiger partial charge is 0.394 e. The van der Waals surface area contributed by atoms with Crippen LogP contribution in [0.2, 0.25) is 0 Å². The Morgan fingerprint density at radius 3 is 2.82 bits per heavy atom. The highest BCUT2D eigenvalue weighted by Crippen LogP contribution is 2.40. The number of nitrogens with one attached hydrogen (secondary N) is 1. The van der Waals surface area contributed by atoms with Crippen LogP contribution >= 0.6 is 0 Å². The van der Waals surface area contributed by atoms with E-state index in [1.807, 2.05) is 13.0 Å². The van der Waals surface area contributed by atoms with Crippen LogP contribution in [0, 0.1) is 0 Å². The Labute approximate surface area is 160 Å². The molecule has 2 saturated heterocycles. The van der Waals surface area contributed by atoms with Gasteiger partial charge in [0.05, 0.1) is 19.5 Å². The molecule has 0 radical (unpaired) electrons. The van der Waals surface area contributed by atoms with Gasteiger partial charge in [-0.1, -0.05) is 11.6 Å². The number of anilines is 1. The number of fused-ring (bicyclic) bond motifs is 2. The highest BCUT2D eigenvalue weighted by atomic mass is 16.9. The second-order valence-electron chi connectivity index (χ2n) is 6.61. The minimum absolute atomic E-state index is 0.00757. The molecule has 4 rings (SSSR count). The van der Waals surface area contributed by atoms with E-state index >= 15 is 0 Å². The maximum absolute atomic E-state index is 9.62. The van der Waals surface area contributed by atoms with Crippen molar-refractivity contribution in [3.63, 3.8) is 0 Å². The fourth-order valence-electron chi connectivity index (χ4n) is 3.34. The van der Waals surface area contributed by atoms with Crippen molar-refractivity contribution in [1.29, 1.82) is 0 Å². The van der Waals surface area contributed by atoms with E-state index in [1.54, 1.807) is 10.9 Å². The number of hydrogen-bond acceptors (Lipinski definition) is 10. The van der Waals surface area contributed by atoms with E-state index in [9.17, 15) is 5.11 Å². The number of hydrogen-bond donors (Lipinski definition) is 3. The second-order valence-corrected chi connectivity index (χ2v) is 6.61. The first kappa shape index (κ1) is 19.2. The zero-order chi connectivity index (χ0) is 19.7. The topological polar surface area (TPSA) is 133 Å². The molecule has 2 aromatic rings. The first-order valence-electron chi connectivity index (χ1n) is 8.94. The SMILES string of the molecule is COC1O[C@@H]2[C@H](O1)[C@@H](CO)O[C@H]2n1cnc2c(NC/C=C(\C)CO)ncnc21. The molecule has 11 nitrogen and oxygen atoms in total. The summed E-state index contributed by atoms with van der Waals surface area (Å²) in [6, 6.07) is 0. The van der Waals surface area contributed by atoms with E-state index in [4.69, 9.17) is 24.1 Å². The van der Waals surface area contributed by atoms with Gasteiger partial charge in [-0.05, 0) is 6.92 Å². The number of aliphatic hydroxyl groups is 2. The summed E-state index contributed by atoms with van der Waals surface area (Å²) in [5.74, 6) is 0.567. The molecule has 0 amide bonds. The number of aromatic nitrogens is 4. The Morgan fingerprint density at radius 2 is 2.07 bits per heavy atom. The quantitative estimate of drug-likeness (QED) is 0.542. The van der Waals surface area contributed by atoms with Crippen LogP contribution in [-0.4, -0.2) is 81.4 Å². The van der Waals surface area contributed by atoms with E-state index in [0.717, 1.165) is 5.57 Å². The first-order valence-corrected chi connectivity index (χ1v) is 8.94. The maximum Gasteiger partial charge on any atom is 0.272 e. The van der Waals surface area contributed by atoms with Gasteiger partial charge >= 0.3 is 0 Å². The smallest absolute Gasteiger partial charge is 0.272 e. The summed E-state index contributed by atoms with van der Waals surface area (Å²) in [6.07, 6.45) is 2.86. The van der Waals surface area contributed by atoms with Gasteiger partial charge < -0.3 is 34.5 Å². The predicted molar refractivity (Wildman–Crippen MR) is 96.2 cm³/mol. The van der Waals surface area contributed by atoms with Crippen molar-refractivity contribution in [3.8, 4) is 0 Å². The first-order chi connectivity index (χ1) is 13.7. The van der Waals surface area contributed by atoms with Crippen molar-refractivity contribution in [1.82, 2.24) is 19.5 Å². The normalized spacial score (nSPS) is 30.1. The Bertz CT molecular complexity index is 858. The summed E-state index contributed by atoms with van der Waals surface area (Å²) < 4.78 is 24.2. The third kappa shape index (κ3) is 3.36. The molecule has 0 aromatic carbocycles. The summed E-state index contributed by atoms with van der Waals surface area (Å²) in [5.41, 5.74) is 1.99. The molecule has 0 saturated carbocycles. The second kappa shape index (κ2) is 8.07. The third-order valence-electron chi connectivity index (χ3n) is 4.80. The lowest BCUT2D eigenvalue weighted by molar-refractivity contribution is -0.256. The van der Waals surface area contributed by atoms with Crippen molar-refractivity contribution in [2.75, 3.05) is 32.2 Å². The van der Waals surface area contributed by atoms with Crippen molar-refractivity contribution in [2.45, 2.75) is 37.9 Å². The van der Waals surface area contributed by atoms with Gasteiger partial charge in [0.1, 0.15) is 24.6 Å². The molecule has 0 bridgehead atoms. The predicted octanol–water partition coefficient (Wildman–Crippen LogP) is -0.220. The molecular weight excluding hydrogens is 370 g/mol. The van der Waals surface area contributed by atoms with Crippen LogP contribution in [0.15, 0.2) is 24.3 Å². The summed E-state index contributed by atoms with van der Waals surface area (Å²) in [4.78, 5) is 13.0. The highest BCUT2D eigenvalue weighted by molar-refractivity contribution is 5.82. The number of ether oxygens (including phenoxy) is 4. The van der Waals surface area contributed by atoms with Crippen LogP contribution < -0.4 is 5.32 Å². The molecular formula is C17H23N5O6. The van der Waals surface area contributed by atoms with Crippen LogP contribution in [0.4, 0.5) is 5.82 Å². The van der Waals surface area contributed by atoms with Crippen LogP contribution in [-0.2, 0) is 18.9 Å². The maximum atomic E-state index is 9.62. The Hall–Kier alpha value is -2.15. The fourth-order valence-corrected chi connectivity index (χ4v) is 3.34. The van der Waals surface area contributed by atoms with Gasteiger partial charge in [-0.3, -0.25) is 4.57 Å². The van der Waals surface area contributed by atoms with Crippen molar-refractivity contribution >= 4 is 17.0 Å². The number of aliphatic hydroxyl groups excluding tert-OH is 2. The van der Waals surface area contributed by atoms with Gasteiger partial charge in [0, 0.05) is 13.7 Å². The molecule has 3 N–H and O–H groups in total. The van der Waals surface area contributed by atoms with Crippen LogP contribution in [0.5, 0.6) is 0 Å². The summed E-state index contributed by atoms with van der Waals surface area (Å²) >= 11 is 0. The van der Waals surface area contributed by atoms with E-state index in [1.165, 1.54) is 13.4 Å². The summed E-state index contributed by atoms with van der Waals surface area (Å²) in [5, 5.41) is 21.9. The zero-order valence-electron chi connectivity index (χ0n) is 15.6. The third-order valence-corrected chi connectivity index (χ3v) is 4.80. The number of rotatable bonds is 7. The van der Waals surface area contributed by atoms with Gasteiger partial charge in [-0.25, -0.2) is 15.0 Å². The molecule has 2 aromatic heterocycles. The minimum Gasteiger partial charge on any atom is -0.394 e. The van der Waals surface area contributed by atoms with Crippen molar-refractivity contribution in [2.24, 2.45) is 0 Å². The van der Waals surface area contributed by atoms with Crippen molar-refractivity contribution in [3.05, 3.63) is 24.3 Å². The Balaban J connectivity index is 1.60. The molecule has 2 fully saturated rings.